The van der Waals surface area contributed by atoms with Crippen molar-refractivity contribution in [2.75, 3.05) is 31.1 Å². The van der Waals surface area contributed by atoms with Gasteiger partial charge in [-0.3, -0.25) is 24.2 Å². The van der Waals surface area contributed by atoms with Crippen LogP contribution in [0.2, 0.25) is 0 Å². The van der Waals surface area contributed by atoms with Gasteiger partial charge < -0.3 is 9.47 Å². The Morgan fingerprint density at radius 2 is 1.39 bits per heavy atom. The van der Waals surface area contributed by atoms with Gasteiger partial charge in [-0.1, -0.05) is 42.5 Å². The standard InChI is InChI=1S/C30H29N5O3/c36-28-14-15-29(37)35(28)24-12-10-23(11-13-24)30(38)33-18-16-32(17-19-33)21-27-31-25-8-4-5-9-26(25)34(27)20-22-6-2-1-3-7-22/h1-13H,14-21H2. The van der Waals surface area contributed by atoms with Crippen LogP contribution in [0.25, 0.3) is 11.0 Å². The largest absolute Gasteiger partial charge is 0.336 e. The highest BCUT2D eigenvalue weighted by Crippen LogP contribution is 2.24. The van der Waals surface area contributed by atoms with E-state index in [9.17, 15) is 14.4 Å². The Morgan fingerprint density at radius 1 is 0.737 bits per heavy atom. The molecule has 0 spiro atoms. The lowest BCUT2D eigenvalue weighted by Crippen LogP contribution is -2.48. The highest BCUT2D eigenvalue weighted by molar-refractivity contribution is 6.19. The van der Waals surface area contributed by atoms with Crippen LogP contribution >= 0.6 is 0 Å². The first-order valence-electron chi connectivity index (χ1n) is 13.0. The van der Waals surface area contributed by atoms with Gasteiger partial charge in [-0.25, -0.2) is 4.98 Å². The third-order valence-corrected chi connectivity index (χ3v) is 7.37. The number of carbonyl (C=O) groups is 3. The fraction of sp³-hybridized carbons (Fsp3) is 0.267. The van der Waals surface area contributed by atoms with Crippen molar-refractivity contribution < 1.29 is 14.4 Å². The fourth-order valence-electron chi connectivity index (χ4n) is 5.30. The summed E-state index contributed by atoms with van der Waals surface area (Å²) >= 11 is 0. The Bertz CT molecular complexity index is 1470. The number of para-hydroxylation sites is 2. The van der Waals surface area contributed by atoms with Crippen molar-refractivity contribution in [2.45, 2.75) is 25.9 Å². The molecule has 0 radical (unpaired) electrons. The number of aromatic nitrogens is 2. The summed E-state index contributed by atoms with van der Waals surface area (Å²) in [5.74, 6) is 0.605. The van der Waals surface area contributed by atoms with E-state index in [0.717, 1.165) is 43.0 Å². The first-order valence-corrected chi connectivity index (χ1v) is 13.0. The lowest BCUT2D eigenvalue weighted by Gasteiger charge is -2.34. The second-order valence-electron chi connectivity index (χ2n) is 9.83. The van der Waals surface area contributed by atoms with Crippen LogP contribution in [0.3, 0.4) is 0 Å². The molecule has 1 aromatic heterocycles. The van der Waals surface area contributed by atoms with Gasteiger partial charge in [0.05, 0.1) is 23.3 Å². The summed E-state index contributed by atoms with van der Waals surface area (Å²) in [7, 11) is 0. The van der Waals surface area contributed by atoms with Crippen LogP contribution < -0.4 is 4.90 Å². The molecule has 4 aromatic rings. The van der Waals surface area contributed by atoms with Crippen LogP contribution in [0, 0.1) is 0 Å². The molecule has 0 saturated carbocycles. The second kappa shape index (κ2) is 10.2. The first kappa shape index (κ1) is 24.1. The third-order valence-electron chi connectivity index (χ3n) is 7.37. The molecule has 0 aliphatic carbocycles. The predicted molar refractivity (Wildman–Crippen MR) is 145 cm³/mol. The molecule has 2 aliphatic heterocycles. The van der Waals surface area contributed by atoms with E-state index in [2.05, 4.69) is 45.9 Å². The average molecular weight is 508 g/mol. The molecule has 0 unspecified atom stereocenters. The predicted octanol–water partition coefficient (Wildman–Crippen LogP) is 3.70. The summed E-state index contributed by atoms with van der Waals surface area (Å²) in [5.41, 5.74) is 4.44. The molecule has 6 rings (SSSR count). The van der Waals surface area contributed by atoms with Crippen molar-refractivity contribution in [2.24, 2.45) is 0 Å². The Kier molecular flexibility index (Phi) is 6.47. The zero-order valence-corrected chi connectivity index (χ0v) is 21.1. The van der Waals surface area contributed by atoms with Crippen molar-refractivity contribution in [3.63, 3.8) is 0 Å². The van der Waals surface area contributed by atoms with Crippen LogP contribution in [0.4, 0.5) is 5.69 Å². The molecule has 2 saturated heterocycles. The van der Waals surface area contributed by atoms with Gasteiger partial charge >= 0.3 is 0 Å². The number of hydrogen-bond donors (Lipinski definition) is 0. The molecule has 0 N–H and O–H groups in total. The fourth-order valence-corrected chi connectivity index (χ4v) is 5.30. The summed E-state index contributed by atoms with van der Waals surface area (Å²) in [4.78, 5) is 47.5. The van der Waals surface area contributed by atoms with Gasteiger partial charge in [-0.05, 0) is 42.0 Å². The van der Waals surface area contributed by atoms with Gasteiger partial charge in [0.15, 0.2) is 0 Å². The van der Waals surface area contributed by atoms with Crippen LogP contribution in [0.5, 0.6) is 0 Å². The van der Waals surface area contributed by atoms with E-state index in [-0.39, 0.29) is 30.6 Å². The van der Waals surface area contributed by atoms with Crippen molar-refractivity contribution in [1.29, 1.82) is 0 Å². The van der Waals surface area contributed by atoms with Gasteiger partial charge in [-0.2, -0.15) is 0 Å². The van der Waals surface area contributed by atoms with Crippen molar-refractivity contribution in [1.82, 2.24) is 19.4 Å². The zero-order valence-electron chi connectivity index (χ0n) is 21.1. The van der Waals surface area contributed by atoms with Crippen molar-refractivity contribution in [3.05, 3.63) is 95.8 Å². The molecule has 8 heteroatoms. The third kappa shape index (κ3) is 4.70. The Hall–Kier alpha value is -4.30. The number of carbonyl (C=O) groups excluding carboxylic acids is 3. The Balaban J connectivity index is 1.11. The molecule has 38 heavy (non-hydrogen) atoms. The number of imide groups is 1. The molecule has 2 fully saturated rings. The molecule has 0 atom stereocenters. The second-order valence-corrected chi connectivity index (χ2v) is 9.83. The van der Waals surface area contributed by atoms with Gasteiger partial charge in [-0.15, -0.1) is 0 Å². The number of imidazole rings is 1. The van der Waals surface area contributed by atoms with Crippen LogP contribution in [0.15, 0.2) is 78.9 Å². The maximum Gasteiger partial charge on any atom is 0.253 e. The van der Waals surface area contributed by atoms with Crippen LogP contribution in [-0.4, -0.2) is 63.3 Å². The molecular weight excluding hydrogens is 478 g/mol. The van der Waals surface area contributed by atoms with E-state index >= 15 is 0 Å². The van der Waals surface area contributed by atoms with Gasteiger partial charge in [0.2, 0.25) is 11.8 Å². The summed E-state index contributed by atoms with van der Waals surface area (Å²) in [5, 5.41) is 0. The quantitative estimate of drug-likeness (QED) is 0.372. The monoisotopic (exact) mass is 507 g/mol. The molecule has 0 bridgehead atoms. The minimum Gasteiger partial charge on any atom is -0.336 e. The number of amides is 3. The van der Waals surface area contributed by atoms with Crippen molar-refractivity contribution >= 4 is 34.4 Å². The van der Waals surface area contributed by atoms with E-state index in [1.54, 1.807) is 24.3 Å². The molecule has 3 heterocycles. The number of anilines is 1. The smallest absolute Gasteiger partial charge is 0.253 e. The van der Waals surface area contributed by atoms with E-state index in [0.29, 0.717) is 24.3 Å². The van der Waals surface area contributed by atoms with Gasteiger partial charge in [0, 0.05) is 51.1 Å². The number of nitrogens with zero attached hydrogens (tertiary/aromatic N) is 5. The zero-order chi connectivity index (χ0) is 26.1. The van der Waals surface area contributed by atoms with Crippen LogP contribution in [-0.2, 0) is 22.7 Å². The summed E-state index contributed by atoms with van der Waals surface area (Å²) < 4.78 is 2.29. The molecule has 8 nitrogen and oxygen atoms in total. The summed E-state index contributed by atoms with van der Waals surface area (Å²) in [6.45, 7) is 4.26. The number of piperazine rings is 1. The SMILES string of the molecule is O=C(c1ccc(N2C(=O)CCC2=O)cc1)N1CCN(Cc2nc3ccccc3n2Cc2ccccc2)CC1. The topological polar surface area (TPSA) is 78.8 Å². The molecule has 2 aliphatic rings. The average Bonchev–Trinajstić information content (AvgIpc) is 3.47. The summed E-state index contributed by atoms with van der Waals surface area (Å²) in [6.07, 6.45) is 0.485. The van der Waals surface area contributed by atoms with E-state index < -0.39 is 0 Å². The first-order chi connectivity index (χ1) is 18.6. The lowest BCUT2D eigenvalue weighted by atomic mass is 10.1. The number of fused-ring (bicyclic) bond motifs is 1. The van der Waals surface area contributed by atoms with E-state index in [4.69, 9.17) is 4.98 Å². The lowest BCUT2D eigenvalue weighted by molar-refractivity contribution is -0.121. The maximum absolute atomic E-state index is 13.1. The normalized spacial score (nSPS) is 16.5. The number of benzene rings is 3. The molecule has 3 aromatic carbocycles. The van der Waals surface area contributed by atoms with Gasteiger partial charge in [0.1, 0.15) is 5.82 Å². The number of hydrogen-bond acceptors (Lipinski definition) is 5. The maximum atomic E-state index is 13.1. The Morgan fingerprint density at radius 3 is 2.11 bits per heavy atom. The summed E-state index contributed by atoms with van der Waals surface area (Å²) in [6, 6.07) is 25.4. The minimum atomic E-state index is -0.192. The van der Waals surface area contributed by atoms with Crippen LogP contribution in [0.1, 0.15) is 34.6 Å². The molecular formula is C30H29N5O3. The Labute approximate surface area is 221 Å². The van der Waals surface area contributed by atoms with Gasteiger partial charge in [0.25, 0.3) is 5.91 Å². The van der Waals surface area contributed by atoms with E-state index in [1.807, 2.05) is 23.1 Å². The molecule has 3 amide bonds. The highest BCUT2D eigenvalue weighted by Gasteiger charge is 2.30. The highest BCUT2D eigenvalue weighted by atomic mass is 16.2. The van der Waals surface area contributed by atoms with E-state index in [1.165, 1.54) is 10.5 Å². The molecule has 192 valence electrons. The number of rotatable bonds is 6. The minimum absolute atomic E-state index is 0.0356. The van der Waals surface area contributed by atoms with Crippen molar-refractivity contribution in [3.8, 4) is 0 Å².